The number of carbonyl (C=O) groups excluding carboxylic acids is 1. The highest BCUT2D eigenvalue weighted by Gasteiger charge is 2.49. The second-order valence-corrected chi connectivity index (χ2v) is 6.75. The van der Waals surface area contributed by atoms with Crippen LogP contribution in [-0.2, 0) is 10.3 Å². The summed E-state index contributed by atoms with van der Waals surface area (Å²) in [6, 6.07) is 0.654. The van der Waals surface area contributed by atoms with Crippen molar-refractivity contribution in [3.63, 3.8) is 0 Å². The zero-order chi connectivity index (χ0) is 21.4. The minimum Gasteiger partial charge on any atom is -0.454 e. The molecule has 1 aromatic carbocycles. The summed E-state index contributed by atoms with van der Waals surface area (Å²) in [4.78, 5) is 23.4. The molecule has 0 saturated carbocycles. The van der Waals surface area contributed by atoms with Crippen LogP contribution in [0.3, 0.4) is 0 Å². The molecule has 2 atom stereocenters. The fourth-order valence-electron chi connectivity index (χ4n) is 2.93. The van der Waals surface area contributed by atoms with E-state index in [1.165, 1.54) is 31.5 Å². The van der Waals surface area contributed by atoms with Gasteiger partial charge in [-0.25, -0.2) is 14.4 Å². The Morgan fingerprint density at radius 1 is 1.31 bits per heavy atom. The smallest absolute Gasteiger partial charge is 0.411 e. The molecule has 154 valence electrons. The van der Waals surface area contributed by atoms with Gasteiger partial charge in [-0.05, 0) is 32.0 Å². The van der Waals surface area contributed by atoms with E-state index in [0.717, 1.165) is 6.07 Å². The SMILES string of the molecule is Cc1cnc(C(=O)Nc2ccc(F)c([C@]3(C)C[C@@H](C(F)(F)F)N=C(N)O3)c2)cn1. The number of ether oxygens (including phenoxy) is 1. The van der Waals surface area contributed by atoms with Crippen molar-refractivity contribution in [2.24, 2.45) is 10.7 Å². The number of nitrogens with two attached hydrogens (primary N) is 1. The number of nitrogens with one attached hydrogen (secondary N) is 1. The maximum atomic E-state index is 14.5. The molecule has 0 aliphatic carbocycles. The number of hydrogen-bond donors (Lipinski definition) is 2. The van der Waals surface area contributed by atoms with Gasteiger partial charge in [0, 0.05) is 23.9 Å². The number of aromatic nitrogens is 2. The van der Waals surface area contributed by atoms with Crippen molar-refractivity contribution in [3.05, 3.63) is 53.4 Å². The summed E-state index contributed by atoms with van der Waals surface area (Å²) in [6.07, 6.45) is -2.66. The molecular weight excluding hydrogens is 394 g/mol. The number of carbonyl (C=O) groups is 1. The van der Waals surface area contributed by atoms with Crippen LogP contribution in [0, 0.1) is 12.7 Å². The normalized spacial score (nSPS) is 21.9. The molecule has 1 aliphatic rings. The van der Waals surface area contributed by atoms with Crippen LogP contribution in [0.15, 0.2) is 35.6 Å². The predicted octanol–water partition coefficient (Wildman–Crippen LogP) is 3.06. The van der Waals surface area contributed by atoms with Crippen LogP contribution >= 0.6 is 0 Å². The number of hydrogen-bond acceptors (Lipinski definition) is 6. The van der Waals surface area contributed by atoms with Gasteiger partial charge in [0.25, 0.3) is 11.9 Å². The Morgan fingerprint density at radius 2 is 2.03 bits per heavy atom. The largest absolute Gasteiger partial charge is 0.454 e. The lowest BCUT2D eigenvalue weighted by atomic mass is 9.87. The molecule has 3 rings (SSSR count). The Kier molecular flexibility index (Phi) is 5.16. The third-order valence-corrected chi connectivity index (χ3v) is 4.38. The number of nitrogens with zero attached hydrogens (tertiary/aromatic N) is 3. The summed E-state index contributed by atoms with van der Waals surface area (Å²) in [6.45, 7) is 2.98. The van der Waals surface area contributed by atoms with E-state index in [1.54, 1.807) is 6.92 Å². The first-order valence-corrected chi connectivity index (χ1v) is 8.47. The topological polar surface area (TPSA) is 102 Å². The van der Waals surface area contributed by atoms with Crippen LogP contribution in [0.4, 0.5) is 23.2 Å². The molecule has 1 aromatic heterocycles. The van der Waals surface area contributed by atoms with Gasteiger partial charge >= 0.3 is 6.18 Å². The van der Waals surface area contributed by atoms with Gasteiger partial charge in [0.1, 0.15) is 17.1 Å². The second kappa shape index (κ2) is 7.30. The van der Waals surface area contributed by atoms with E-state index in [-0.39, 0.29) is 16.9 Å². The third kappa shape index (κ3) is 4.44. The summed E-state index contributed by atoms with van der Waals surface area (Å²) >= 11 is 0. The number of aryl methyl sites for hydroxylation is 1. The third-order valence-electron chi connectivity index (χ3n) is 4.38. The lowest BCUT2D eigenvalue weighted by Crippen LogP contribution is -2.46. The van der Waals surface area contributed by atoms with Gasteiger partial charge in [-0.15, -0.1) is 0 Å². The minimum atomic E-state index is -4.66. The number of amidine groups is 1. The van der Waals surface area contributed by atoms with Gasteiger partial charge in [0.05, 0.1) is 11.9 Å². The highest BCUT2D eigenvalue weighted by molar-refractivity contribution is 6.02. The van der Waals surface area contributed by atoms with Crippen molar-refractivity contribution in [2.45, 2.75) is 38.1 Å². The maximum Gasteiger partial charge on any atom is 0.411 e. The fourth-order valence-corrected chi connectivity index (χ4v) is 2.93. The number of rotatable bonds is 3. The quantitative estimate of drug-likeness (QED) is 0.756. The van der Waals surface area contributed by atoms with Gasteiger partial charge in [-0.3, -0.25) is 9.78 Å². The number of benzene rings is 1. The predicted molar refractivity (Wildman–Crippen MR) is 95.6 cm³/mol. The average Bonchev–Trinajstić information content (AvgIpc) is 2.62. The number of aliphatic imine (C=N–C) groups is 1. The van der Waals surface area contributed by atoms with Gasteiger partial charge in [0.2, 0.25) is 0 Å². The van der Waals surface area contributed by atoms with Gasteiger partial charge in [-0.1, -0.05) is 0 Å². The van der Waals surface area contributed by atoms with Gasteiger partial charge in [0.15, 0.2) is 6.04 Å². The van der Waals surface area contributed by atoms with Gasteiger partial charge < -0.3 is 15.8 Å². The molecule has 7 nitrogen and oxygen atoms in total. The van der Waals surface area contributed by atoms with Crippen LogP contribution in [-0.4, -0.2) is 34.1 Å². The molecule has 1 aliphatic heterocycles. The Morgan fingerprint density at radius 3 is 2.66 bits per heavy atom. The number of halogens is 4. The first kappa shape index (κ1) is 20.5. The van der Waals surface area contributed by atoms with E-state index >= 15 is 0 Å². The minimum absolute atomic E-state index is 0.0233. The summed E-state index contributed by atoms with van der Waals surface area (Å²) in [5.74, 6) is -1.42. The van der Waals surface area contributed by atoms with E-state index in [9.17, 15) is 22.4 Å². The highest BCUT2D eigenvalue weighted by Crippen LogP contribution is 2.41. The van der Waals surface area contributed by atoms with Crippen LogP contribution in [0.25, 0.3) is 0 Å². The number of alkyl halides is 3. The van der Waals surface area contributed by atoms with Crippen LogP contribution < -0.4 is 11.1 Å². The zero-order valence-electron chi connectivity index (χ0n) is 15.4. The fraction of sp³-hybridized carbons (Fsp3) is 0.333. The zero-order valence-corrected chi connectivity index (χ0v) is 15.4. The maximum absolute atomic E-state index is 14.5. The number of amides is 1. The Hall–Kier alpha value is -3.24. The molecule has 0 spiro atoms. The molecule has 0 radical (unpaired) electrons. The Balaban J connectivity index is 1.90. The first-order chi connectivity index (χ1) is 13.5. The van der Waals surface area contributed by atoms with Crippen molar-refractivity contribution >= 4 is 17.6 Å². The molecule has 11 heteroatoms. The van der Waals surface area contributed by atoms with E-state index in [1.807, 2.05) is 0 Å². The molecule has 0 fully saturated rings. The Labute approximate surface area is 163 Å². The molecule has 0 bridgehead atoms. The molecule has 0 saturated heterocycles. The molecule has 0 unspecified atom stereocenters. The van der Waals surface area contributed by atoms with E-state index < -0.39 is 42.0 Å². The van der Waals surface area contributed by atoms with Crippen molar-refractivity contribution < 1.29 is 27.1 Å². The number of anilines is 1. The van der Waals surface area contributed by atoms with Crippen molar-refractivity contribution in [3.8, 4) is 0 Å². The summed E-state index contributed by atoms with van der Waals surface area (Å²) < 4.78 is 59.2. The van der Waals surface area contributed by atoms with Crippen LogP contribution in [0.2, 0.25) is 0 Å². The van der Waals surface area contributed by atoms with Crippen molar-refractivity contribution in [1.29, 1.82) is 0 Å². The molecular formula is C18H17F4N5O2. The van der Waals surface area contributed by atoms with Crippen LogP contribution in [0.5, 0.6) is 0 Å². The van der Waals surface area contributed by atoms with Gasteiger partial charge in [-0.2, -0.15) is 13.2 Å². The van der Waals surface area contributed by atoms with E-state index in [4.69, 9.17) is 10.5 Å². The molecule has 3 N–H and O–H groups in total. The molecule has 2 aromatic rings. The lowest BCUT2D eigenvalue weighted by molar-refractivity contribution is -0.164. The monoisotopic (exact) mass is 411 g/mol. The highest BCUT2D eigenvalue weighted by atomic mass is 19.4. The van der Waals surface area contributed by atoms with Crippen LogP contribution in [0.1, 0.15) is 35.1 Å². The Bertz CT molecular complexity index is 962. The molecule has 29 heavy (non-hydrogen) atoms. The molecule has 1 amide bonds. The summed E-state index contributed by atoms with van der Waals surface area (Å²) in [5.41, 5.74) is 4.26. The van der Waals surface area contributed by atoms with E-state index in [2.05, 4.69) is 20.3 Å². The summed E-state index contributed by atoms with van der Waals surface area (Å²) in [7, 11) is 0. The molecule has 2 heterocycles. The standard InChI is InChI=1S/C18H17F4N5O2/c1-9-7-25-13(8-24-9)15(28)26-10-3-4-12(19)11(5-10)17(2)6-14(18(20,21)22)27-16(23)29-17/h3-5,7-8,14H,6H2,1-2H3,(H2,23,27)(H,26,28)/t14-,17-/m0/s1. The summed E-state index contributed by atoms with van der Waals surface area (Å²) in [5, 5.41) is 2.51. The van der Waals surface area contributed by atoms with Crippen molar-refractivity contribution in [1.82, 2.24) is 9.97 Å². The first-order valence-electron chi connectivity index (χ1n) is 8.47. The van der Waals surface area contributed by atoms with Crippen molar-refractivity contribution in [2.75, 3.05) is 5.32 Å². The average molecular weight is 411 g/mol. The van der Waals surface area contributed by atoms with E-state index in [0.29, 0.717) is 5.69 Å². The second-order valence-electron chi connectivity index (χ2n) is 6.75. The lowest BCUT2D eigenvalue weighted by Gasteiger charge is -2.37.